The summed E-state index contributed by atoms with van der Waals surface area (Å²) in [5, 5.41) is 0. The number of hydrogen-bond acceptors (Lipinski definition) is 3. The van der Waals surface area contributed by atoms with Crippen molar-refractivity contribution in [2.75, 3.05) is 33.3 Å². The number of carbonyl (C=O) groups excluding carboxylic acids is 2. The third-order valence-electron chi connectivity index (χ3n) is 4.72. The summed E-state index contributed by atoms with van der Waals surface area (Å²) < 4.78 is 7.25. The van der Waals surface area contributed by atoms with E-state index in [-0.39, 0.29) is 11.8 Å². The third kappa shape index (κ3) is 4.07. The van der Waals surface area contributed by atoms with Gasteiger partial charge in [-0.1, -0.05) is 12.1 Å². The van der Waals surface area contributed by atoms with Crippen LogP contribution in [-0.2, 0) is 18.3 Å². The SMILES string of the molecule is COc1ccccc1C(=O)N1CCCN(C(=O)Cc2ccn(C)c2)CC1. The smallest absolute Gasteiger partial charge is 0.257 e. The summed E-state index contributed by atoms with van der Waals surface area (Å²) in [7, 11) is 3.51. The van der Waals surface area contributed by atoms with Crippen LogP contribution in [0.3, 0.4) is 0 Å². The second-order valence-corrected chi connectivity index (χ2v) is 6.59. The number of ether oxygens (including phenoxy) is 1. The normalized spacial score (nSPS) is 14.8. The summed E-state index contributed by atoms with van der Waals surface area (Å²) in [6, 6.07) is 9.23. The number of aryl methyl sites for hydroxylation is 1. The number of aromatic nitrogens is 1. The number of methoxy groups -OCH3 is 1. The van der Waals surface area contributed by atoms with Gasteiger partial charge >= 0.3 is 0 Å². The second kappa shape index (κ2) is 8.08. The molecule has 6 nitrogen and oxygen atoms in total. The minimum absolute atomic E-state index is 0.0418. The van der Waals surface area contributed by atoms with E-state index in [1.54, 1.807) is 19.2 Å². The van der Waals surface area contributed by atoms with Crippen LogP contribution >= 0.6 is 0 Å². The molecular formula is C20H25N3O3. The lowest BCUT2D eigenvalue weighted by Gasteiger charge is -2.23. The van der Waals surface area contributed by atoms with Gasteiger partial charge in [-0.2, -0.15) is 0 Å². The molecule has 0 N–H and O–H groups in total. The Morgan fingerprint density at radius 3 is 2.50 bits per heavy atom. The summed E-state index contributed by atoms with van der Waals surface area (Å²) >= 11 is 0. The molecule has 2 heterocycles. The Labute approximate surface area is 154 Å². The first-order chi connectivity index (χ1) is 12.6. The van der Waals surface area contributed by atoms with Crippen LogP contribution in [0.1, 0.15) is 22.3 Å². The van der Waals surface area contributed by atoms with Crippen LogP contribution in [0.15, 0.2) is 42.7 Å². The summed E-state index contributed by atoms with van der Waals surface area (Å²) in [6.45, 7) is 2.43. The Morgan fingerprint density at radius 1 is 1.04 bits per heavy atom. The monoisotopic (exact) mass is 355 g/mol. The van der Waals surface area contributed by atoms with E-state index >= 15 is 0 Å². The number of rotatable bonds is 4. The Morgan fingerprint density at radius 2 is 1.77 bits per heavy atom. The van der Waals surface area contributed by atoms with Crippen LogP contribution in [0.5, 0.6) is 5.75 Å². The van der Waals surface area contributed by atoms with Crippen LogP contribution in [0.4, 0.5) is 0 Å². The predicted molar refractivity (Wildman–Crippen MR) is 99.2 cm³/mol. The molecule has 0 atom stereocenters. The molecule has 0 radical (unpaired) electrons. The average molecular weight is 355 g/mol. The summed E-state index contributed by atoms with van der Waals surface area (Å²) in [4.78, 5) is 29.1. The van der Waals surface area contributed by atoms with Gasteiger partial charge in [0, 0.05) is 45.6 Å². The first kappa shape index (κ1) is 18.0. The lowest BCUT2D eigenvalue weighted by atomic mass is 10.1. The molecule has 0 saturated carbocycles. The standard InChI is InChI=1S/C20H25N3O3/c1-21-11-8-16(15-21)14-19(24)22-9-5-10-23(13-12-22)20(25)17-6-3-4-7-18(17)26-2/h3-4,6-8,11,15H,5,9-10,12-14H2,1-2H3. The van der Waals surface area contributed by atoms with Crippen molar-refractivity contribution in [2.45, 2.75) is 12.8 Å². The average Bonchev–Trinajstić information content (AvgIpc) is 2.91. The largest absolute Gasteiger partial charge is 0.496 e. The summed E-state index contributed by atoms with van der Waals surface area (Å²) in [6.07, 6.45) is 5.09. The highest BCUT2D eigenvalue weighted by atomic mass is 16.5. The van der Waals surface area contributed by atoms with Crippen molar-refractivity contribution in [1.82, 2.24) is 14.4 Å². The van der Waals surface area contributed by atoms with Crippen molar-refractivity contribution >= 4 is 11.8 Å². The van der Waals surface area contributed by atoms with Crippen molar-refractivity contribution in [3.8, 4) is 5.75 Å². The van der Waals surface area contributed by atoms with Gasteiger partial charge in [0.2, 0.25) is 5.91 Å². The zero-order valence-corrected chi connectivity index (χ0v) is 15.4. The highest BCUT2D eigenvalue weighted by Gasteiger charge is 2.24. The van der Waals surface area contributed by atoms with Crippen LogP contribution in [0, 0.1) is 0 Å². The lowest BCUT2D eigenvalue weighted by Crippen LogP contribution is -2.38. The van der Waals surface area contributed by atoms with Crippen molar-refractivity contribution < 1.29 is 14.3 Å². The molecule has 1 aromatic heterocycles. The van der Waals surface area contributed by atoms with E-state index < -0.39 is 0 Å². The first-order valence-corrected chi connectivity index (χ1v) is 8.89. The molecule has 2 aromatic rings. The highest BCUT2D eigenvalue weighted by Crippen LogP contribution is 2.20. The van der Waals surface area contributed by atoms with Gasteiger partial charge in [-0.25, -0.2) is 0 Å². The van der Waals surface area contributed by atoms with Crippen LogP contribution < -0.4 is 4.74 Å². The van der Waals surface area contributed by atoms with Gasteiger partial charge in [0.15, 0.2) is 0 Å². The van der Waals surface area contributed by atoms with Gasteiger partial charge in [-0.05, 0) is 30.2 Å². The van der Waals surface area contributed by atoms with Gasteiger partial charge in [0.1, 0.15) is 5.75 Å². The molecule has 0 bridgehead atoms. The molecule has 0 aliphatic carbocycles. The molecule has 2 amide bonds. The highest BCUT2D eigenvalue weighted by molar-refractivity contribution is 5.97. The van der Waals surface area contributed by atoms with E-state index in [1.807, 2.05) is 52.0 Å². The van der Waals surface area contributed by atoms with E-state index in [9.17, 15) is 9.59 Å². The Kier molecular flexibility index (Phi) is 5.61. The van der Waals surface area contributed by atoms with Crippen molar-refractivity contribution in [2.24, 2.45) is 7.05 Å². The minimum atomic E-state index is -0.0418. The molecule has 1 aliphatic heterocycles. The van der Waals surface area contributed by atoms with Crippen LogP contribution in [0.2, 0.25) is 0 Å². The molecular weight excluding hydrogens is 330 g/mol. The Balaban J connectivity index is 1.62. The molecule has 1 saturated heterocycles. The van der Waals surface area contributed by atoms with E-state index in [0.717, 1.165) is 12.0 Å². The van der Waals surface area contributed by atoms with E-state index in [2.05, 4.69) is 0 Å². The van der Waals surface area contributed by atoms with Gasteiger partial charge < -0.3 is 19.1 Å². The number of amides is 2. The number of benzene rings is 1. The quantitative estimate of drug-likeness (QED) is 0.842. The Bertz CT molecular complexity index is 784. The van der Waals surface area contributed by atoms with Gasteiger partial charge in [-0.15, -0.1) is 0 Å². The van der Waals surface area contributed by atoms with Crippen molar-refractivity contribution in [1.29, 1.82) is 0 Å². The third-order valence-corrected chi connectivity index (χ3v) is 4.72. The van der Waals surface area contributed by atoms with Gasteiger partial charge in [0.25, 0.3) is 5.91 Å². The molecule has 3 rings (SSSR count). The lowest BCUT2D eigenvalue weighted by molar-refractivity contribution is -0.130. The minimum Gasteiger partial charge on any atom is -0.496 e. The van der Waals surface area contributed by atoms with Crippen molar-refractivity contribution in [3.05, 3.63) is 53.9 Å². The molecule has 1 aromatic carbocycles. The maximum Gasteiger partial charge on any atom is 0.257 e. The predicted octanol–water partition coefficient (Wildman–Crippen LogP) is 1.95. The molecule has 138 valence electrons. The molecule has 0 unspecified atom stereocenters. The van der Waals surface area contributed by atoms with E-state index in [1.165, 1.54) is 0 Å². The number of hydrogen-bond donors (Lipinski definition) is 0. The van der Waals surface area contributed by atoms with Crippen molar-refractivity contribution in [3.63, 3.8) is 0 Å². The Hall–Kier alpha value is -2.76. The topological polar surface area (TPSA) is 54.8 Å². The molecule has 1 fully saturated rings. The fraction of sp³-hybridized carbons (Fsp3) is 0.400. The summed E-state index contributed by atoms with van der Waals surface area (Å²) in [5.74, 6) is 0.654. The van der Waals surface area contributed by atoms with Crippen LogP contribution in [0.25, 0.3) is 0 Å². The number of carbonyl (C=O) groups is 2. The first-order valence-electron chi connectivity index (χ1n) is 8.89. The maximum atomic E-state index is 12.8. The van der Waals surface area contributed by atoms with Crippen LogP contribution in [-0.4, -0.2) is 59.5 Å². The number of para-hydroxylation sites is 1. The second-order valence-electron chi connectivity index (χ2n) is 6.59. The maximum absolute atomic E-state index is 12.8. The van der Waals surface area contributed by atoms with Gasteiger partial charge in [0.05, 0.1) is 19.1 Å². The fourth-order valence-corrected chi connectivity index (χ4v) is 3.31. The van der Waals surface area contributed by atoms with E-state index in [0.29, 0.717) is 43.9 Å². The molecule has 6 heteroatoms. The fourth-order valence-electron chi connectivity index (χ4n) is 3.31. The molecule has 26 heavy (non-hydrogen) atoms. The molecule has 0 spiro atoms. The molecule has 1 aliphatic rings. The zero-order valence-electron chi connectivity index (χ0n) is 15.4. The summed E-state index contributed by atoms with van der Waals surface area (Å²) in [5.41, 5.74) is 1.59. The van der Waals surface area contributed by atoms with Gasteiger partial charge in [-0.3, -0.25) is 9.59 Å². The van der Waals surface area contributed by atoms with E-state index in [4.69, 9.17) is 4.74 Å². The zero-order chi connectivity index (χ0) is 18.5. The number of nitrogens with zero attached hydrogens (tertiary/aromatic N) is 3.